The second kappa shape index (κ2) is 2.93. The lowest BCUT2D eigenvalue weighted by Crippen LogP contribution is -2.28. The molecule has 3 heteroatoms. The Labute approximate surface area is 48.9 Å². The molecule has 0 aromatic carbocycles. The van der Waals surface area contributed by atoms with E-state index in [0.717, 1.165) is 6.42 Å². The average Bonchev–Trinajstić information content (AvgIpc) is 1.65. The molecule has 0 heterocycles. The van der Waals surface area contributed by atoms with E-state index in [1.807, 2.05) is 6.92 Å². The van der Waals surface area contributed by atoms with Crippen LogP contribution in [-0.2, 0) is 0 Å². The molecule has 7 heavy (non-hydrogen) atoms. The van der Waals surface area contributed by atoms with Gasteiger partial charge in [0.05, 0.1) is 6.04 Å². The molecule has 0 saturated heterocycles. The van der Waals surface area contributed by atoms with E-state index in [0.29, 0.717) is 0 Å². The summed E-state index contributed by atoms with van der Waals surface area (Å²) >= 11 is 4.46. The van der Waals surface area contributed by atoms with Crippen molar-refractivity contribution >= 4 is 17.2 Å². The molecule has 0 rings (SSSR count). The third-order valence-corrected chi connectivity index (χ3v) is 1.08. The van der Waals surface area contributed by atoms with Crippen molar-refractivity contribution in [3.63, 3.8) is 0 Å². The second-order valence-electron chi connectivity index (χ2n) is 1.38. The van der Waals surface area contributed by atoms with Crippen LogP contribution >= 0.6 is 12.2 Å². The zero-order valence-electron chi connectivity index (χ0n) is 4.27. The van der Waals surface area contributed by atoms with Gasteiger partial charge in [0.2, 0.25) is 0 Å². The molecule has 3 N–H and O–H groups in total. The number of hydrogen-bond acceptors (Lipinski definition) is 2. The van der Waals surface area contributed by atoms with E-state index in [1.165, 1.54) is 0 Å². The molecule has 0 aliphatic carbocycles. The van der Waals surface area contributed by atoms with Crippen LogP contribution in [0.2, 0.25) is 0 Å². The minimum Gasteiger partial charge on any atom is -0.322 e. The fourth-order valence-corrected chi connectivity index (χ4v) is 0.352. The van der Waals surface area contributed by atoms with E-state index in [1.54, 1.807) is 0 Å². The Kier molecular flexibility index (Phi) is 2.87. The van der Waals surface area contributed by atoms with Crippen molar-refractivity contribution in [2.45, 2.75) is 19.4 Å². The SMILES string of the molecule is CCC(N)C([NH])=S. The zero-order chi connectivity index (χ0) is 5.86. The van der Waals surface area contributed by atoms with Crippen molar-refractivity contribution in [1.82, 2.24) is 5.73 Å². The summed E-state index contributed by atoms with van der Waals surface area (Å²) < 4.78 is 0. The Balaban J connectivity index is 3.34. The first-order valence-corrected chi connectivity index (χ1v) is 2.60. The van der Waals surface area contributed by atoms with E-state index >= 15 is 0 Å². The highest BCUT2D eigenvalue weighted by Crippen LogP contribution is 1.84. The van der Waals surface area contributed by atoms with Gasteiger partial charge in [-0.1, -0.05) is 19.1 Å². The molecule has 0 aromatic rings. The number of rotatable bonds is 2. The number of nitrogens with two attached hydrogens (primary N) is 1. The molecule has 2 nitrogen and oxygen atoms in total. The summed E-state index contributed by atoms with van der Waals surface area (Å²) in [6.07, 6.45) is 0.766. The molecule has 0 aromatic heterocycles. The summed E-state index contributed by atoms with van der Waals surface area (Å²) in [5.74, 6) is 0. The van der Waals surface area contributed by atoms with Crippen LogP contribution in [0, 0.1) is 0 Å². The topological polar surface area (TPSA) is 49.8 Å². The van der Waals surface area contributed by atoms with E-state index in [2.05, 4.69) is 12.2 Å². The summed E-state index contributed by atoms with van der Waals surface area (Å²) in [4.78, 5) is 0.155. The van der Waals surface area contributed by atoms with Gasteiger partial charge in [-0.05, 0) is 6.42 Å². The standard InChI is InChI=1S/C4H9N2S/c1-2-3(5)4(6)7/h3,6H,2,5H2,1H3. The molecular weight excluding hydrogens is 108 g/mol. The largest absolute Gasteiger partial charge is 0.322 e. The average molecular weight is 117 g/mol. The smallest absolute Gasteiger partial charge is 0.111 e. The lowest BCUT2D eigenvalue weighted by atomic mass is 10.2. The Morgan fingerprint density at radius 2 is 2.43 bits per heavy atom. The monoisotopic (exact) mass is 117 g/mol. The lowest BCUT2D eigenvalue weighted by molar-refractivity contribution is 0.821. The van der Waals surface area contributed by atoms with Crippen LogP contribution in [0.15, 0.2) is 0 Å². The summed E-state index contributed by atoms with van der Waals surface area (Å²) in [5.41, 5.74) is 12.1. The Morgan fingerprint density at radius 1 is 2.00 bits per heavy atom. The zero-order valence-corrected chi connectivity index (χ0v) is 5.09. The van der Waals surface area contributed by atoms with Gasteiger partial charge >= 0.3 is 0 Å². The predicted molar refractivity (Wildman–Crippen MR) is 34.0 cm³/mol. The van der Waals surface area contributed by atoms with E-state index in [-0.39, 0.29) is 11.0 Å². The normalized spacial score (nSPS) is 13.4. The molecule has 0 amide bonds. The van der Waals surface area contributed by atoms with Crippen molar-refractivity contribution in [1.29, 1.82) is 0 Å². The summed E-state index contributed by atoms with van der Waals surface area (Å²) in [7, 11) is 0. The number of thiocarbonyl (C=S) groups is 1. The lowest BCUT2D eigenvalue weighted by Gasteiger charge is -2.01. The maximum atomic E-state index is 6.79. The minimum atomic E-state index is -0.199. The van der Waals surface area contributed by atoms with Gasteiger partial charge < -0.3 is 5.73 Å². The Morgan fingerprint density at radius 3 is 2.43 bits per heavy atom. The van der Waals surface area contributed by atoms with Crippen molar-refractivity contribution in [3.05, 3.63) is 0 Å². The van der Waals surface area contributed by atoms with Gasteiger partial charge in [-0.2, -0.15) is 0 Å². The molecule has 0 saturated carbocycles. The molecule has 41 valence electrons. The number of nitrogens with one attached hydrogen (secondary N) is 1. The second-order valence-corrected chi connectivity index (χ2v) is 1.82. The molecule has 0 aliphatic rings. The van der Waals surface area contributed by atoms with Crippen molar-refractivity contribution in [2.24, 2.45) is 5.73 Å². The molecule has 0 aliphatic heterocycles. The molecule has 1 radical (unpaired) electrons. The Hall–Kier alpha value is -0.150. The van der Waals surface area contributed by atoms with Crippen LogP contribution in [0.3, 0.4) is 0 Å². The fraction of sp³-hybridized carbons (Fsp3) is 0.750. The van der Waals surface area contributed by atoms with Crippen LogP contribution < -0.4 is 11.5 Å². The highest BCUT2D eigenvalue weighted by atomic mass is 32.1. The molecule has 0 bridgehead atoms. The van der Waals surface area contributed by atoms with E-state index in [9.17, 15) is 0 Å². The highest BCUT2D eigenvalue weighted by molar-refractivity contribution is 7.80. The van der Waals surface area contributed by atoms with E-state index < -0.39 is 0 Å². The molecular formula is C4H9N2S. The van der Waals surface area contributed by atoms with Gasteiger partial charge in [0.1, 0.15) is 4.99 Å². The first-order chi connectivity index (χ1) is 3.18. The van der Waals surface area contributed by atoms with Gasteiger partial charge in [0, 0.05) is 0 Å². The molecule has 1 unspecified atom stereocenters. The van der Waals surface area contributed by atoms with Crippen molar-refractivity contribution < 1.29 is 0 Å². The van der Waals surface area contributed by atoms with Crippen LogP contribution in [0.5, 0.6) is 0 Å². The summed E-state index contributed by atoms with van der Waals surface area (Å²) in [6, 6.07) is -0.199. The van der Waals surface area contributed by atoms with Gasteiger partial charge in [-0.25, -0.2) is 0 Å². The number of hydrogen-bond donors (Lipinski definition) is 1. The molecule has 0 fully saturated rings. The van der Waals surface area contributed by atoms with Crippen LogP contribution in [0.25, 0.3) is 0 Å². The summed E-state index contributed by atoms with van der Waals surface area (Å²) in [5, 5.41) is 0. The quantitative estimate of drug-likeness (QED) is 0.530. The molecule has 1 atom stereocenters. The summed E-state index contributed by atoms with van der Waals surface area (Å²) in [6.45, 7) is 1.91. The van der Waals surface area contributed by atoms with Gasteiger partial charge in [-0.3, -0.25) is 5.73 Å². The highest BCUT2D eigenvalue weighted by Gasteiger charge is 1.99. The van der Waals surface area contributed by atoms with Crippen LogP contribution in [-0.4, -0.2) is 11.0 Å². The van der Waals surface area contributed by atoms with E-state index in [4.69, 9.17) is 11.5 Å². The van der Waals surface area contributed by atoms with Crippen molar-refractivity contribution in [3.8, 4) is 0 Å². The first kappa shape index (κ1) is 6.85. The third kappa shape index (κ3) is 2.53. The van der Waals surface area contributed by atoms with Gasteiger partial charge in [0.25, 0.3) is 0 Å². The van der Waals surface area contributed by atoms with Gasteiger partial charge in [0.15, 0.2) is 0 Å². The van der Waals surface area contributed by atoms with Crippen LogP contribution in [0.4, 0.5) is 0 Å². The van der Waals surface area contributed by atoms with Gasteiger partial charge in [-0.15, -0.1) is 0 Å². The maximum Gasteiger partial charge on any atom is 0.111 e. The fourth-order valence-electron chi connectivity index (χ4n) is 0.185. The molecule has 0 spiro atoms. The maximum absolute atomic E-state index is 6.79. The first-order valence-electron chi connectivity index (χ1n) is 2.19. The van der Waals surface area contributed by atoms with Crippen LogP contribution in [0.1, 0.15) is 13.3 Å². The predicted octanol–water partition coefficient (Wildman–Crippen LogP) is 0.334. The minimum absolute atomic E-state index is 0.155. The van der Waals surface area contributed by atoms with Crippen molar-refractivity contribution in [2.75, 3.05) is 0 Å². The Bertz CT molecular complexity index is 72.1. The third-order valence-electron chi connectivity index (χ3n) is 0.777.